The Balaban J connectivity index is 1.59. The molecule has 2 N–H and O–H groups in total. The molecule has 0 fully saturated rings. The number of hydrogen-bond donors (Lipinski definition) is 1. The number of nitriles is 1. The van der Waals surface area contributed by atoms with Gasteiger partial charge in [0.15, 0.2) is 0 Å². The van der Waals surface area contributed by atoms with Crippen molar-refractivity contribution in [3.8, 4) is 11.8 Å². The molecule has 0 amide bonds. The maximum atomic E-state index is 10.1. The molecule has 5 nitrogen and oxygen atoms in total. The lowest BCUT2D eigenvalue weighted by molar-refractivity contribution is 0.230. The first-order chi connectivity index (χ1) is 17.9. The molecule has 2 aliphatic heterocycles. The Morgan fingerprint density at radius 2 is 1.62 bits per heavy atom. The summed E-state index contributed by atoms with van der Waals surface area (Å²) in [4.78, 5) is 2.39. The minimum Gasteiger partial charge on any atom is -0.497 e. The average molecular weight is 490 g/mol. The quantitative estimate of drug-likeness (QED) is 0.478. The zero-order valence-electron chi connectivity index (χ0n) is 21.5. The number of allylic oxidation sites excluding steroid dienone is 1. The highest BCUT2D eigenvalue weighted by Crippen LogP contribution is 2.44. The van der Waals surface area contributed by atoms with Gasteiger partial charge in [-0.15, -0.1) is 0 Å². The largest absolute Gasteiger partial charge is 0.497 e. The standard InChI is InChI=1S/C32H31N3O2/c1-21-4-8-23(9-5-21)16-26-19-35(18-24-10-14-27(36-3)15-11-24)20-29-30(25-12-6-22(2)7-13-25)28(17-33)32(34)37-31(26)29/h4-16,30H,18-20,34H2,1-3H3/b26-16-. The molecular weight excluding hydrogens is 458 g/mol. The minimum absolute atomic E-state index is 0.185. The molecule has 1 unspecified atom stereocenters. The van der Waals surface area contributed by atoms with Crippen molar-refractivity contribution >= 4 is 6.08 Å². The molecule has 5 heteroatoms. The zero-order chi connectivity index (χ0) is 25.9. The van der Waals surface area contributed by atoms with E-state index in [1.165, 1.54) is 16.7 Å². The lowest BCUT2D eigenvalue weighted by Gasteiger charge is -2.38. The summed E-state index contributed by atoms with van der Waals surface area (Å²) in [7, 11) is 1.68. The summed E-state index contributed by atoms with van der Waals surface area (Å²) >= 11 is 0. The second-order valence-corrected chi connectivity index (χ2v) is 9.76. The molecule has 1 atom stereocenters. The lowest BCUT2D eigenvalue weighted by atomic mass is 9.80. The predicted molar refractivity (Wildman–Crippen MR) is 146 cm³/mol. The SMILES string of the molecule is COc1ccc(CN2CC3=C(OC(N)=C(C#N)C3c3ccc(C)cc3)/C(=C\c3ccc(C)cc3)C2)cc1. The third-order valence-electron chi connectivity index (χ3n) is 7.00. The second-order valence-electron chi connectivity index (χ2n) is 9.76. The third-order valence-corrected chi connectivity index (χ3v) is 7.00. The summed E-state index contributed by atoms with van der Waals surface area (Å²) in [5, 5.41) is 10.1. The highest BCUT2D eigenvalue weighted by Gasteiger charge is 2.37. The molecule has 186 valence electrons. The van der Waals surface area contributed by atoms with Gasteiger partial charge in [-0.25, -0.2) is 0 Å². The maximum Gasteiger partial charge on any atom is 0.205 e. The summed E-state index contributed by atoms with van der Waals surface area (Å²) < 4.78 is 11.5. The normalized spacial score (nSPS) is 18.9. The van der Waals surface area contributed by atoms with Gasteiger partial charge >= 0.3 is 0 Å². The van der Waals surface area contributed by atoms with Crippen LogP contribution in [0.15, 0.2) is 101 Å². The van der Waals surface area contributed by atoms with E-state index < -0.39 is 0 Å². The van der Waals surface area contributed by atoms with Crippen molar-refractivity contribution in [3.05, 3.63) is 129 Å². The van der Waals surface area contributed by atoms with Gasteiger partial charge in [-0.1, -0.05) is 71.8 Å². The fourth-order valence-corrected chi connectivity index (χ4v) is 5.04. The van der Waals surface area contributed by atoms with Gasteiger partial charge in [0.1, 0.15) is 23.2 Å². The number of rotatable bonds is 5. The first kappa shape index (κ1) is 24.4. The molecular formula is C32H31N3O2. The van der Waals surface area contributed by atoms with Gasteiger partial charge in [0, 0.05) is 25.2 Å². The van der Waals surface area contributed by atoms with Crippen molar-refractivity contribution in [1.29, 1.82) is 5.26 Å². The Morgan fingerprint density at radius 3 is 2.24 bits per heavy atom. The van der Waals surface area contributed by atoms with E-state index in [1.54, 1.807) is 7.11 Å². The monoisotopic (exact) mass is 489 g/mol. The van der Waals surface area contributed by atoms with Crippen molar-refractivity contribution in [2.75, 3.05) is 20.2 Å². The summed E-state index contributed by atoms with van der Waals surface area (Å²) in [6.45, 7) is 6.28. The van der Waals surface area contributed by atoms with Gasteiger partial charge in [0.2, 0.25) is 5.88 Å². The van der Waals surface area contributed by atoms with Gasteiger partial charge < -0.3 is 15.2 Å². The van der Waals surface area contributed by atoms with Gasteiger partial charge in [0.25, 0.3) is 0 Å². The van der Waals surface area contributed by atoms with E-state index >= 15 is 0 Å². The second kappa shape index (κ2) is 10.4. The summed E-state index contributed by atoms with van der Waals surface area (Å²) in [6.07, 6.45) is 2.17. The highest BCUT2D eigenvalue weighted by atomic mass is 16.5. The Hall–Kier alpha value is -4.27. The molecule has 0 aromatic heterocycles. The van der Waals surface area contributed by atoms with E-state index in [-0.39, 0.29) is 11.8 Å². The Bertz CT molecular complexity index is 1420. The van der Waals surface area contributed by atoms with E-state index in [0.29, 0.717) is 18.7 Å². The van der Waals surface area contributed by atoms with Gasteiger partial charge in [-0.2, -0.15) is 5.26 Å². The molecule has 3 aromatic carbocycles. The average Bonchev–Trinajstić information content (AvgIpc) is 2.91. The molecule has 5 rings (SSSR count). The number of nitrogens with two attached hydrogens (primary N) is 1. The molecule has 0 aliphatic carbocycles. The molecule has 0 saturated carbocycles. The van der Waals surface area contributed by atoms with E-state index in [9.17, 15) is 5.26 Å². The van der Waals surface area contributed by atoms with Crippen LogP contribution in [0.2, 0.25) is 0 Å². The predicted octanol–water partition coefficient (Wildman–Crippen LogP) is 5.97. The molecule has 0 spiro atoms. The number of hydrogen-bond acceptors (Lipinski definition) is 5. The van der Waals surface area contributed by atoms with E-state index in [2.05, 4.69) is 91.6 Å². The van der Waals surface area contributed by atoms with Crippen LogP contribution in [0, 0.1) is 25.2 Å². The molecule has 0 saturated heterocycles. The van der Waals surface area contributed by atoms with Gasteiger partial charge in [-0.05, 0) is 54.3 Å². The van der Waals surface area contributed by atoms with Crippen molar-refractivity contribution < 1.29 is 9.47 Å². The van der Waals surface area contributed by atoms with E-state index in [4.69, 9.17) is 15.2 Å². The van der Waals surface area contributed by atoms with Crippen molar-refractivity contribution in [3.63, 3.8) is 0 Å². The van der Waals surface area contributed by atoms with Crippen LogP contribution in [0.1, 0.15) is 33.7 Å². The Labute approximate surface area is 218 Å². The summed E-state index contributed by atoms with van der Waals surface area (Å²) in [5.41, 5.74) is 14.7. The minimum atomic E-state index is -0.255. The van der Waals surface area contributed by atoms with E-state index in [1.807, 2.05) is 12.1 Å². The highest BCUT2D eigenvalue weighted by molar-refractivity contribution is 5.63. The molecule has 0 bridgehead atoms. The third kappa shape index (κ3) is 5.16. The van der Waals surface area contributed by atoms with Gasteiger partial charge in [0.05, 0.1) is 13.0 Å². The molecule has 3 aromatic rings. The van der Waals surface area contributed by atoms with Gasteiger partial charge in [-0.3, -0.25) is 4.90 Å². The van der Waals surface area contributed by atoms with Crippen LogP contribution in [0.3, 0.4) is 0 Å². The fourth-order valence-electron chi connectivity index (χ4n) is 5.04. The van der Waals surface area contributed by atoms with Crippen molar-refractivity contribution in [2.24, 2.45) is 5.73 Å². The van der Waals surface area contributed by atoms with Crippen LogP contribution in [0.4, 0.5) is 0 Å². The molecule has 2 heterocycles. The van der Waals surface area contributed by atoms with E-state index in [0.717, 1.165) is 40.3 Å². The van der Waals surface area contributed by atoms with Crippen LogP contribution < -0.4 is 10.5 Å². The number of benzene rings is 3. The number of aryl methyl sites for hydroxylation is 2. The summed E-state index contributed by atoms with van der Waals surface area (Å²) in [5.74, 6) is 1.56. The zero-order valence-corrected chi connectivity index (χ0v) is 21.5. The number of ether oxygens (including phenoxy) is 2. The van der Waals surface area contributed by atoms with Crippen LogP contribution in [-0.2, 0) is 11.3 Å². The first-order valence-corrected chi connectivity index (χ1v) is 12.4. The number of methoxy groups -OCH3 is 1. The van der Waals surface area contributed by atoms with Crippen LogP contribution >= 0.6 is 0 Å². The fraction of sp³-hybridized carbons (Fsp3) is 0.219. The van der Waals surface area contributed by atoms with Crippen LogP contribution in [0.25, 0.3) is 6.08 Å². The molecule has 37 heavy (non-hydrogen) atoms. The Morgan fingerprint density at radius 1 is 0.973 bits per heavy atom. The molecule has 2 aliphatic rings. The smallest absolute Gasteiger partial charge is 0.205 e. The van der Waals surface area contributed by atoms with Crippen LogP contribution in [-0.4, -0.2) is 25.1 Å². The maximum absolute atomic E-state index is 10.1. The first-order valence-electron chi connectivity index (χ1n) is 12.4. The topological polar surface area (TPSA) is 71.5 Å². The summed E-state index contributed by atoms with van der Waals surface area (Å²) in [6, 6.07) is 27.3. The van der Waals surface area contributed by atoms with Crippen molar-refractivity contribution in [1.82, 2.24) is 4.90 Å². The Kier molecular flexibility index (Phi) is 6.85. The lowest BCUT2D eigenvalue weighted by Crippen LogP contribution is -2.37. The van der Waals surface area contributed by atoms with Crippen molar-refractivity contribution in [2.45, 2.75) is 26.3 Å². The number of nitrogens with zero attached hydrogens (tertiary/aromatic N) is 2. The molecule has 0 radical (unpaired) electrons. The van der Waals surface area contributed by atoms with Crippen LogP contribution in [0.5, 0.6) is 5.75 Å².